The van der Waals surface area contributed by atoms with Crippen molar-refractivity contribution >= 4 is 23.5 Å². The van der Waals surface area contributed by atoms with Crippen LogP contribution in [-0.2, 0) is 23.9 Å². The number of esters is 1. The van der Waals surface area contributed by atoms with Crippen LogP contribution >= 0.6 is 0 Å². The highest BCUT2D eigenvalue weighted by molar-refractivity contribution is 6.04. The number of likely N-dealkylation sites (tertiary alicyclic amines) is 1. The molecule has 0 radical (unpaired) electrons. The van der Waals surface area contributed by atoms with Gasteiger partial charge in [0.1, 0.15) is 23.3 Å². The summed E-state index contributed by atoms with van der Waals surface area (Å²) in [6, 6.07) is 6.06. The van der Waals surface area contributed by atoms with E-state index in [1.54, 1.807) is 49.3 Å². The summed E-state index contributed by atoms with van der Waals surface area (Å²) in [5.41, 5.74) is -1.39. The van der Waals surface area contributed by atoms with Crippen molar-refractivity contribution in [2.45, 2.75) is 50.4 Å². The van der Waals surface area contributed by atoms with Gasteiger partial charge in [0.15, 0.2) is 0 Å². The average Bonchev–Trinajstić information content (AvgIpc) is 3.46. The molecule has 3 heterocycles. The van der Waals surface area contributed by atoms with Crippen molar-refractivity contribution < 1.29 is 33.7 Å². The highest BCUT2D eigenvalue weighted by Crippen LogP contribution is 2.64. The zero-order valence-electron chi connectivity index (χ0n) is 20.6. The highest BCUT2D eigenvalue weighted by Gasteiger charge is 2.79. The van der Waals surface area contributed by atoms with Crippen LogP contribution in [0, 0.1) is 11.8 Å². The predicted octanol–water partition coefficient (Wildman–Crippen LogP) is 1.92. The van der Waals surface area contributed by atoms with Crippen LogP contribution in [0.25, 0.3) is 0 Å². The monoisotopic (exact) mass is 486 g/mol. The van der Waals surface area contributed by atoms with Crippen LogP contribution in [-0.4, -0.2) is 78.4 Å². The second-order valence-corrected chi connectivity index (χ2v) is 9.28. The first-order valence-corrected chi connectivity index (χ1v) is 12.2. The topological polar surface area (TPSA) is 106 Å². The molecule has 0 saturated carbocycles. The van der Waals surface area contributed by atoms with Crippen molar-refractivity contribution in [3.8, 4) is 5.75 Å². The van der Waals surface area contributed by atoms with E-state index < -0.39 is 35.0 Å². The fourth-order valence-electron chi connectivity index (χ4n) is 6.30. The third-order valence-electron chi connectivity index (χ3n) is 7.76. The van der Waals surface area contributed by atoms with Crippen LogP contribution in [0.1, 0.15) is 33.1 Å². The Kier molecular flexibility index (Phi) is 6.92. The van der Waals surface area contributed by atoms with Gasteiger partial charge in [-0.3, -0.25) is 14.4 Å². The second-order valence-electron chi connectivity index (χ2n) is 9.28. The summed E-state index contributed by atoms with van der Waals surface area (Å²) in [4.78, 5) is 44.0. The van der Waals surface area contributed by atoms with Crippen molar-refractivity contribution in [1.82, 2.24) is 4.90 Å². The van der Waals surface area contributed by atoms with Crippen molar-refractivity contribution in [1.29, 1.82) is 0 Å². The quantitative estimate of drug-likeness (QED) is 0.398. The second kappa shape index (κ2) is 9.62. The number of methoxy groups -OCH3 is 1. The molecule has 35 heavy (non-hydrogen) atoms. The molecule has 3 aliphatic rings. The van der Waals surface area contributed by atoms with Crippen molar-refractivity contribution in [2.24, 2.45) is 11.8 Å². The van der Waals surface area contributed by atoms with Gasteiger partial charge >= 0.3 is 5.97 Å². The third-order valence-corrected chi connectivity index (χ3v) is 7.76. The molecular weight excluding hydrogens is 452 g/mol. The van der Waals surface area contributed by atoms with E-state index in [9.17, 15) is 19.5 Å². The molecule has 1 aromatic carbocycles. The van der Waals surface area contributed by atoms with E-state index in [0.29, 0.717) is 30.7 Å². The minimum absolute atomic E-state index is 0.0317. The van der Waals surface area contributed by atoms with E-state index in [0.717, 1.165) is 0 Å². The molecule has 9 nitrogen and oxygen atoms in total. The van der Waals surface area contributed by atoms with Crippen LogP contribution in [0.4, 0.5) is 5.69 Å². The molecule has 2 unspecified atom stereocenters. The predicted molar refractivity (Wildman–Crippen MR) is 128 cm³/mol. The Bertz CT molecular complexity index is 996. The van der Waals surface area contributed by atoms with Gasteiger partial charge in [0, 0.05) is 18.8 Å². The molecule has 3 aliphatic heterocycles. The van der Waals surface area contributed by atoms with Gasteiger partial charge in [-0.1, -0.05) is 13.0 Å². The number of aliphatic hydroxyl groups is 1. The number of amides is 2. The first-order valence-electron chi connectivity index (χ1n) is 12.2. The number of carbonyl (C=O) groups is 3. The van der Waals surface area contributed by atoms with Crippen LogP contribution < -0.4 is 9.64 Å². The van der Waals surface area contributed by atoms with E-state index in [4.69, 9.17) is 14.2 Å². The Morgan fingerprint density at radius 2 is 2.00 bits per heavy atom. The number of rotatable bonds is 10. The Labute approximate surface area is 205 Å². The van der Waals surface area contributed by atoms with Crippen molar-refractivity contribution in [3.63, 3.8) is 0 Å². The molecule has 0 aliphatic carbocycles. The molecule has 3 saturated heterocycles. The molecule has 4 rings (SSSR count). The molecule has 5 atom stereocenters. The van der Waals surface area contributed by atoms with Crippen LogP contribution in [0.3, 0.4) is 0 Å². The van der Waals surface area contributed by atoms with Crippen LogP contribution in [0.2, 0.25) is 0 Å². The molecule has 1 spiro atoms. The summed E-state index contributed by atoms with van der Waals surface area (Å²) in [6.45, 7) is 7.51. The number of ether oxygens (including phenoxy) is 3. The molecular formula is C26H34N2O7. The molecule has 9 heteroatoms. The number of nitrogens with zero attached hydrogens (tertiary/aromatic N) is 2. The van der Waals surface area contributed by atoms with E-state index in [2.05, 4.69) is 6.58 Å². The standard InChI is InChI=1S/C26H34N2O7/c1-5-14-27(17-8-10-18(33-4)11-9-17)23(31)21-26-13-12-25(6-2,35-26)20(24(32)34-7-3)19(26)22(30)28(21)15-16-29/h5,8-11,19-21,29H,1,6-7,12-16H2,2-4H3/t19-,20+,21?,25-,26?/m0/s1. The Balaban J connectivity index is 1.79. The number of β-amino-alcohol motifs (C(OH)–C–C–N with tert-alkyl or cyclic N) is 1. The summed E-state index contributed by atoms with van der Waals surface area (Å²) in [7, 11) is 1.56. The fraction of sp³-hybridized carbons (Fsp3) is 0.577. The zero-order chi connectivity index (χ0) is 25.4. The summed E-state index contributed by atoms with van der Waals surface area (Å²) in [5, 5.41) is 9.77. The number of anilines is 1. The maximum absolute atomic E-state index is 14.2. The van der Waals surface area contributed by atoms with E-state index in [-0.39, 0.29) is 38.1 Å². The van der Waals surface area contributed by atoms with E-state index in [1.165, 1.54) is 4.90 Å². The number of hydrogen-bond acceptors (Lipinski definition) is 7. The first kappa shape index (κ1) is 25.2. The number of aliphatic hydroxyl groups excluding tert-OH is 1. The van der Waals surface area contributed by atoms with Crippen molar-refractivity contribution in [2.75, 3.05) is 38.3 Å². The Hall–Kier alpha value is -2.91. The molecule has 1 N–H and O–H groups in total. The number of carbonyl (C=O) groups excluding carboxylic acids is 3. The summed E-state index contributed by atoms with van der Waals surface area (Å²) in [6.07, 6.45) is 3.16. The van der Waals surface area contributed by atoms with Gasteiger partial charge in [0.25, 0.3) is 5.91 Å². The first-order chi connectivity index (χ1) is 16.8. The third kappa shape index (κ3) is 3.72. The summed E-state index contributed by atoms with van der Waals surface area (Å²) in [5.74, 6) is -2.13. The number of benzene rings is 1. The van der Waals surface area contributed by atoms with Gasteiger partial charge in [-0.05, 0) is 50.5 Å². The Morgan fingerprint density at radius 3 is 2.57 bits per heavy atom. The molecule has 190 valence electrons. The fourth-order valence-corrected chi connectivity index (χ4v) is 6.30. The molecule has 3 fully saturated rings. The Morgan fingerprint density at radius 1 is 1.29 bits per heavy atom. The normalized spacial score (nSPS) is 30.8. The summed E-state index contributed by atoms with van der Waals surface area (Å²) < 4.78 is 17.2. The van der Waals surface area contributed by atoms with Crippen molar-refractivity contribution in [3.05, 3.63) is 36.9 Å². The highest BCUT2D eigenvalue weighted by atomic mass is 16.6. The van der Waals surface area contributed by atoms with Gasteiger partial charge in [-0.2, -0.15) is 0 Å². The average molecular weight is 487 g/mol. The van der Waals surface area contributed by atoms with Gasteiger partial charge in [0.2, 0.25) is 5.91 Å². The maximum Gasteiger partial charge on any atom is 0.312 e. The lowest BCUT2D eigenvalue weighted by atomic mass is 9.65. The van der Waals surface area contributed by atoms with Gasteiger partial charge in [0.05, 0.1) is 31.8 Å². The number of fused-ring (bicyclic) bond motifs is 1. The molecule has 2 bridgehead atoms. The van der Waals surface area contributed by atoms with Gasteiger partial charge in [-0.15, -0.1) is 6.58 Å². The van der Waals surface area contributed by atoms with Gasteiger partial charge in [-0.25, -0.2) is 0 Å². The zero-order valence-corrected chi connectivity index (χ0v) is 20.6. The SMILES string of the molecule is C=CCN(C(=O)C1N(CCO)C(=O)[C@@H]2[C@H](C(=O)OCC)[C@]3(CC)CCC12O3)c1ccc(OC)cc1. The van der Waals surface area contributed by atoms with Crippen LogP contribution in [0.15, 0.2) is 36.9 Å². The van der Waals surface area contributed by atoms with E-state index >= 15 is 0 Å². The summed E-state index contributed by atoms with van der Waals surface area (Å²) >= 11 is 0. The minimum atomic E-state index is -1.16. The lowest BCUT2D eigenvalue weighted by molar-refractivity contribution is -0.160. The van der Waals surface area contributed by atoms with Crippen LogP contribution in [0.5, 0.6) is 5.75 Å². The lowest BCUT2D eigenvalue weighted by Gasteiger charge is -2.36. The molecule has 0 aromatic heterocycles. The minimum Gasteiger partial charge on any atom is -0.497 e. The molecule has 2 amide bonds. The molecule has 1 aromatic rings. The maximum atomic E-state index is 14.2. The number of hydrogen-bond donors (Lipinski definition) is 1. The smallest absolute Gasteiger partial charge is 0.312 e. The largest absolute Gasteiger partial charge is 0.497 e. The van der Waals surface area contributed by atoms with Gasteiger partial charge < -0.3 is 29.1 Å². The van der Waals surface area contributed by atoms with E-state index in [1.807, 2.05) is 6.92 Å². The lowest BCUT2D eigenvalue weighted by Crippen LogP contribution is -2.56.